The first kappa shape index (κ1) is 11.4. The van der Waals surface area contributed by atoms with Gasteiger partial charge in [0.25, 0.3) is 5.91 Å². The molecule has 0 fully saturated rings. The summed E-state index contributed by atoms with van der Waals surface area (Å²) in [5.41, 5.74) is 6.93. The third kappa shape index (κ3) is 1.95. The van der Waals surface area contributed by atoms with Crippen LogP contribution in [0.3, 0.4) is 0 Å². The molecule has 0 unspecified atom stereocenters. The molecule has 90 valence electrons. The predicted molar refractivity (Wildman–Crippen MR) is 65.6 cm³/mol. The molecule has 0 saturated heterocycles. The van der Waals surface area contributed by atoms with Gasteiger partial charge in [-0.05, 0) is 18.1 Å². The van der Waals surface area contributed by atoms with Crippen molar-refractivity contribution in [2.24, 2.45) is 5.92 Å². The first-order valence-corrected chi connectivity index (χ1v) is 5.51. The van der Waals surface area contributed by atoms with Crippen molar-refractivity contribution in [3.8, 4) is 0 Å². The van der Waals surface area contributed by atoms with Gasteiger partial charge in [-0.15, -0.1) is 0 Å². The Morgan fingerprint density at radius 3 is 2.65 bits per heavy atom. The summed E-state index contributed by atoms with van der Waals surface area (Å²) in [4.78, 5) is 23.9. The van der Waals surface area contributed by atoms with Crippen LogP contribution in [0.4, 0.5) is 11.4 Å². The summed E-state index contributed by atoms with van der Waals surface area (Å²) in [5, 5.41) is 5.42. The van der Waals surface area contributed by atoms with E-state index in [4.69, 9.17) is 5.73 Å². The second-order valence-corrected chi connectivity index (χ2v) is 4.45. The molecule has 1 aromatic rings. The van der Waals surface area contributed by atoms with Crippen LogP contribution in [-0.4, -0.2) is 17.9 Å². The van der Waals surface area contributed by atoms with Crippen LogP contribution in [0.25, 0.3) is 0 Å². The minimum absolute atomic E-state index is 0.0227. The number of hydrogen-bond donors (Lipinski definition) is 3. The number of nitrogen functional groups attached to an aromatic ring is 1. The first-order chi connectivity index (χ1) is 8.00. The molecule has 0 radical (unpaired) electrons. The van der Waals surface area contributed by atoms with Crippen LogP contribution >= 0.6 is 0 Å². The van der Waals surface area contributed by atoms with E-state index in [1.165, 1.54) is 0 Å². The van der Waals surface area contributed by atoms with Gasteiger partial charge in [0.2, 0.25) is 5.91 Å². The number of nitrogens with two attached hydrogens (primary N) is 1. The average molecular weight is 233 g/mol. The Kier molecular flexibility index (Phi) is 2.75. The van der Waals surface area contributed by atoms with Crippen LogP contribution in [-0.2, 0) is 4.79 Å². The van der Waals surface area contributed by atoms with E-state index >= 15 is 0 Å². The highest BCUT2D eigenvalue weighted by molar-refractivity contribution is 6.12. The van der Waals surface area contributed by atoms with E-state index in [0.29, 0.717) is 16.9 Å². The Balaban J connectivity index is 2.47. The molecule has 0 aromatic heterocycles. The fourth-order valence-electron chi connectivity index (χ4n) is 1.89. The lowest BCUT2D eigenvalue weighted by Crippen LogP contribution is -2.44. The molecule has 5 heteroatoms. The van der Waals surface area contributed by atoms with Gasteiger partial charge >= 0.3 is 0 Å². The van der Waals surface area contributed by atoms with E-state index in [9.17, 15) is 9.59 Å². The Hall–Kier alpha value is -2.04. The summed E-state index contributed by atoms with van der Waals surface area (Å²) >= 11 is 0. The van der Waals surface area contributed by atoms with Gasteiger partial charge in [0.05, 0.1) is 11.3 Å². The standard InChI is InChI=1S/C12H15N3O2/c1-6(2)10-12(17)14-8-5-3-4-7(13)9(8)11(16)15-10/h3-6,10H,13H2,1-2H3,(H,14,17)(H,15,16)/t10-/m1/s1. The van der Waals surface area contributed by atoms with Crippen molar-refractivity contribution >= 4 is 23.2 Å². The van der Waals surface area contributed by atoms with Crippen molar-refractivity contribution < 1.29 is 9.59 Å². The van der Waals surface area contributed by atoms with Gasteiger partial charge in [-0.3, -0.25) is 9.59 Å². The zero-order chi connectivity index (χ0) is 12.6. The number of amides is 2. The van der Waals surface area contributed by atoms with E-state index in [1.54, 1.807) is 18.2 Å². The quantitative estimate of drug-likeness (QED) is 0.632. The number of anilines is 2. The molecule has 0 aliphatic carbocycles. The van der Waals surface area contributed by atoms with Crippen molar-refractivity contribution in [2.75, 3.05) is 11.1 Å². The number of nitrogens with one attached hydrogen (secondary N) is 2. The lowest BCUT2D eigenvalue weighted by Gasteiger charge is -2.17. The van der Waals surface area contributed by atoms with E-state index < -0.39 is 6.04 Å². The molecule has 0 bridgehead atoms. The van der Waals surface area contributed by atoms with Gasteiger partial charge < -0.3 is 16.4 Å². The molecule has 1 aromatic carbocycles. The van der Waals surface area contributed by atoms with Crippen LogP contribution in [0.15, 0.2) is 18.2 Å². The van der Waals surface area contributed by atoms with E-state index in [0.717, 1.165) is 0 Å². The molecule has 2 rings (SSSR count). The first-order valence-electron chi connectivity index (χ1n) is 5.51. The molecule has 17 heavy (non-hydrogen) atoms. The van der Waals surface area contributed by atoms with Crippen LogP contribution in [0.1, 0.15) is 24.2 Å². The number of carbonyl (C=O) groups is 2. The summed E-state index contributed by atoms with van der Waals surface area (Å²) in [5.74, 6) is -0.498. The Morgan fingerprint density at radius 2 is 2.00 bits per heavy atom. The molecule has 4 N–H and O–H groups in total. The van der Waals surface area contributed by atoms with Crippen molar-refractivity contribution in [2.45, 2.75) is 19.9 Å². The molecule has 1 atom stereocenters. The minimum Gasteiger partial charge on any atom is -0.398 e. The van der Waals surface area contributed by atoms with Gasteiger partial charge in [-0.1, -0.05) is 19.9 Å². The molecule has 1 aliphatic rings. The normalized spacial score (nSPS) is 19.4. The minimum atomic E-state index is -0.533. The fourth-order valence-corrected chi connectivity index (χ4v) is 1.89. The molecule has 1 heterocycles. The topological polar surface area (TPSA) is 84.2 Å². The third-order valence-corrected chi connectivity index (χ3v) is 2.82. The molecule has 0 spiro atoms. The largest absolute Gasteiger partial charge is 0.398 e. The van der Waals surface area contributed by atoms with Crippen molar-refractivity contribution in [1.29, 1.82) is 0 Å². The Bertz CT molecular complexity index is 483. The fraction of sp³-hybridized carbons (Fsp3) is 0.333. The molecule has 2 amide bonds. The number of benzene rings is 1. The van der Waals surface area contributed by atoms with E-state index in [2.05, 4.69) is 10.6 Å². The number of rotatable bonds is 1. The highest BCUT2D eigenvalue weighted by Crippen LogP contribution is 2.25. The van der Waals surface area contributed by atoms with Gasteiger partial charge in [0.15, 0.2) is 0 Å². The summed E-state index contributed by atoms with van der Waals surface area (Å²) in [6.07, 6.45) is 0. The van der Waals surface area contributed by atoms with Crippen LogP contribution in [0.5, 0.6) is 0 Å². The Morgan fingerprint density at radius 1 is 1.29 bits per heavy atom. The molecule has 5 nitrogen and oxygen atoms in total. The second kappa shape index (κ2) is 4.08. The summed E-state index contributed by atoms with van der Waals surface area (Å²) < 4.78 is 0. The summed E-state index contributed by atoms with van der Waals surface area (Å²) in [6.45, 7) is 3.76. The maximum atomic E-state index is 12.0. The zero-order valence-corrected chi connectivity index (χ0v) is 9.78. The van der Waals surface area contributed by atoms with Gasteiger partial charge in [0, 0.05) is 5.69 Å². The van der Waals surface area contributed by atoms with E-state index in [-0.39, 0.29) is 17.7 Å². The maximum Gasteiger partial charge on any atom is 0.256 e. The van der Waals surface area contributed by atoms with Crippen LogP contribution in [0.2, 0.25) is 0 Å². The Labute approximate surface area is 99.4 Å². The van der Waals surface area contributed by atoms with Crippen molar-refractivity contribution in [1.82, 2.24) is 5.32 Å². The number of hydrogen-bond acceptors (Lipinski definition) is 3. The third-order valence-electron chi connectivity index (χ3n) is 2.82. The van der Waals surface area contributed by atoms with Crippen LogP contribution in [0, 0.1) is 5.92 Å². The summed E-state index contributed by atoms with van der Waals surface area (Å²) in [7, 11) is 0. The van der Waals surface area contributed by atoms with Crippen molar-refractivity contribution in [3.63, 3.8) is 0 Å². The second-order valence-electron chi connectivity index (χ2n) is 4.45. The van der Waals surface area contributed by atoms with Gasteiger partial charge in [-0.2, -0.15) is 0 Å². The average Bonchev–Trinajstić information content (AvgIpc) is 2.36. The zero-order valence-electron chi connectivity index (χ0n) is 9.78. The summed E-state index contributed by atoms with van der Waals surface area (Å²) in [6, 6.07) is 4.48. The molecule has 0 saturated carbocycles. The molecular weight excluding hydrogens is 218 g/mol. The highest BCUT2D eigenvalue weighted by Gasteiger charge is 2.30. The lowest BCUT2D eigenvalue weighted by atomic mass is 10.0. The monoisotopic (exact) mass is 233 g/mol. The highest BCUT2D eigenvalue weighted by atomic mass is 16.2. The van der Waals surface area contributed by atoms with Gasteiger partial charge in [0.1, 0.15) is 6.04 Å². The molecular formula is C12H15N3O2. The smallest absolute Gasteiger partial charge is 0.256 e. The number of fused-ring (bicyclic) bond motifs is 1. The lowest BCUT2D eigenvalue weighted by molar-refractivity contribution is -0.118. The maximum absolute atomic E-state index is 12.0. The van der Waals surface area contributed by atoms with Crippen LogP contribution < -0.4 is 16.4 Å². The van der Waals surface area contributed by atoms with Gasteiger partial charge in [-0.25, -0.2) is 0 Å². The predicted octanol–water partition coefficient (Wildman–Crippen LogP) is 0.975. The number of carbonyl (C=O) groups excluding carboxylic acids is 2. The van der Waals surface area contributed by atoms with Crippen molar-refractivity contribution in [3.05, 3.63) is 23.8 Å². The molecule has 1 aliphatic heterocycles. The van der Waals surface area contributed by atoms with E-state index in [1.807, 2.05) is 13.8 Å². The SMILES string of the molecule is CC(C)[C@H]1NC(=O)c2c(N)cccc2NC1=O.